The molecule has 0 spiro atoms. The third-order valence-electron chi connectivity index (χ3n) is 7.96. The third-order valence-corrected chi connectivity index (χ3v) is 8.25. The minimum atomic E-state index is -4.42. The number of nitrogens with one attached hydrogen (secondary N) is 5. The molecule has 1 saturated carbocycles. The maximum absolute atomic E-state index is 14.0. The number of hydrazine groups is 2. The Hall–Kier alpha value is -4.40. The smallest absolute Gasteiger partial charge is 0.383 e. The molecule has 44 heavy (non-hydrogen) atoms. The molecule has 0 radical (unpaired) electrons. The molecule has 0 amide bonds. The van der Waals surface area contributed by atoms with Gasteiger partial charge in [-0.05, 0) is 53.5 Å². The van der Waals surface area contributed by atoms with Crippen molar-refractivity contribution in [1.29, 1.82) is 0 Å². The lowest BCUT2D eigenvalue weighted by atomic mass is 9.96. The number of aromatic nitrogens is 2. The summed E-state index contributed by atoms with van der Waals surface area (Å²) in [6.07, 6.45) is 5.94. The highest BCUT2D eigenvalue weighted by atomic mass is 35.5. The molecule has 2 aromatic heterocycles. The average molecular weight is 622 g/mol. The Kier molecular flexibility index (Phi) is 7.18. The number of hydrogen-bond donors (Lipinski definition) is 5. The number of terminal acetylenes is 1. The summed E-state index contributed by atoms with van der Waals surface area (Å²) in [5.74, 6) is 2.69. The molecule has 3 heterocycles. The van der Waals surface area contributed by atoms with Crippen LogP contribution < -0.4 is 27.2 Å². The van der Waals surface area contributed by atoms with Gasteiger partial charge in [0, 0.05) is 41.6 Å². The first-order valence-corrected chi connectivity index (χ1v) is 14.5. The van der Waals surface area contributed by atoms with E-state index in [-0.39, 0.29) is 23.8 Å². The van der Waals surface area contributed by atoms with Gasteiger partial charge in [0.05, 0.1) is 33.5 Å². The van der Waals surface area contributed by atoms with E-state index < -0.39 is 17.8 Å². The number of nitrogens with zero attached hydrogens (tertiary/aromatic N) is 2. The molecule has 1 aliphatic heterocycles. The Morgan fingerprint density at radius 1 is 1.16 bits per heavy atom. The minimum absolute atomic E-state index is 0.0220. The number of pyridine rings is 2. The summed E-state index contributed by atoms with van der Waals surface area (Å²) < 4.78 is 42.0. The number of fused-ring (bicyclic) bond motifs is 2. The molecular weight excluding hydrogens is 591 g/mol. The van der Waals surface area contributed by atoms with Crippen molar-refractivity contribution in [3.8, 4) is 12.3 Å². The first-order chi connectivity index (χ1) is 20.8. The summed E-state index contributed by atoms with van der Waals surface area (Å²) in [6.45, 7) is 6.93. The Morgan fingerprint density at radius 2 is 1.93 bits per heavy atom. The number of H-pyrrole nitrogens is 1. The molecule has 2 aromatic carbocycles. The molecule has 1 fully saturated rings. The Balaban J connectivity index is 1.48. The van der Waals surface area contributed by atoms with Crippen molar-refractivity contribution in [2.24, 2.45) is 5.41 Å². The van der Waals surface area contributed by atoms with E-state index in [0.29, 0.717) is 61.4 Å². The molecule has 1 aliphatic carbocycles. The van der Waals surface area contributed by atoms with Crippen LogP contribution in [-0.2, 0) is 0 Å². The van der Waals surface area contributed by atoms with Gasteiger partial charge < -0.3 is 21.0 Å². The van der Waals surface area contributed by atoms with Gasteiger partial charge in [-0.3, -0.25) is 14.8 Å². The van der Waals surface area contributed by atoms with Crippen LogP contribution in [0.1, 0.15) is 50.8 Å². The Bertz CT molecular complexity index is 1900. The quantitative estimate of drug-likeness (QED) is 0.149. The molecule has 6 rings (SSSR count). The zero-order valence-electron chi connectivity index (χ0n) is 24.3. The zero-order chi connectivity index (χ0) is 31.4. The maximum Gasteiger partial charge on any atom is 0.413 e. The van der Waals surface area contributed by atoms with Gasteiger partial charge in [0.2, 0.25) is 0 Å². The SMILES string of the molecule is C#Cc1cnc2c(Cl)cc(N[C@H](C3=CN(C4(C(F)(F)F)CC4)NN3)c3cccc4c(=O)[nH]ccc34)cc2c1NCC(C)(C)C. The van der Waals surface area contributed by atoms with Crippen LogP contribution in [0, 0.1) is 17.8 Å². The summed E-state index contributed by atoms with van der Waals surface area (Å²) in [5.41, 5.74) is 6.83. The van der Waals surface area contributed by atoms with E-state index in [1.165, 1.54) is 6.20 Å². The Labute approximate surface area is 257 Å². The van der Waals surface area contributed by atoms with Gasteiger partial charge in [0.1, 0.15) is 0 Å². The van der Waals surface area contributed by atoms with Crippen molar-refractivity contribution in [2.75, 3.05) is 17.2 Å². The van der Waals surface area contributed by atoms with Crippen LogP contribution in [0.3, 0.4) is 0 Å². The fourth-order valence-electron chi connectivity index (χ4n) is 5.47. The van der Waals surface area contributed by atoms with Crippen molar-refractivity contribution >= 4 is 44.7 Å². The van der Waals surface area contributed by atoms with Gasteiger partial charge in [-0.1, -0.05) is 50.4 Å². The second-order valence-electron chi connectivity index (χ2n) is 12.4. The summed E-state index contributed by atoms with van der Waals surface area (Å²) in [6, 6.07) is 9.90. The summed E-state index contributed by atoms with van der Waals surface area (Å²) in [5, 5.41) is 10.2. The number of aromatic amines is 1. The lowest BCUT2D eigenvalue weighted by Crippen LogP contribution is -2.52. The highest BCUT2D eigenvalue weighted by Crippen LogP contribution is 2.54. The molecule has 0 saturated heterocycles. The van der Waals surface area contributed by atoms with Gasteiger partial charge in [-0.25, -0.2) is 0 Å². The maximum atomic E-state index is 14.0. The minimum Gasteiger partial charge on any atom is -0.383 e. The van der Waals surface area contributed by atoms with Gasteiger partial charge in [-0.15, -0.1) is 12.0 Å². The molecule has 4 aromatic rings. The van der Waals surface area contributed by atoms with Crippen LogP contribution in [0.2, 0.25) is 5.02 Å². The molecule has 0 bridgehead atoms. The van der Waals surface area contributed by atoms with Crippen molar-refractivity contribution in [2.45, 2.75) is 51.4 Å². The molecule has 5 N–H and O–H groups in total. The highest BCUT2D eigenvalue weighted by molar-refractivity contribution is 6.35. The van der Waals surface area contributed by atoms with Crippen molar-refractivity contribution in [1.82, 2.24) is 25.9 Å². The van der Waals surface area contributed by atoms with E-state index in [0.717, 1.165) is 5.01 Å². The van der Waals surface area contributed by atoms with Crippen molar-refractivity contribution < 1.29 is 13.2 Å². The number of halogens is 4. The van der Waals surface area contributed by atoms with Gasteiger partial charge in [-0.2, -0.15) is 13.2 Å². The van der Waals surface area contributed by atoms with Gasteiger partial charge >= 0.3 is 6.18 Å². The Morgan fingerprint density at radius 3 is 2.61 bits per heavy atom. The number of hydrogen-bond acceptors (Lipinski definition) is 7. The normalized spacial score (nSPS) is 16.8. The number of anilines is 2. The topological polar surface area (TPSA) is 97.1 Å². The third kappa shape index (κ3) is 5.29. The van der Waals surface area contributed by atoms with E-state index in [1.54, 1.807) is 36.7 Å². The van der Waals surface area contributed by atoms with E-state index in [9.17, 15) is 18.0 Å². The molecule has 12 heteroatoms. The highest BCUT2D eigenvalue weighted by Gasteiger charge is 2.67. The van der Waals surface area contributed by atoms with Gasteiger partial charge in [0.25, 0.3) is 5.56 Å². The van der Waals surface area contributed by atoms with Crippen LogP contribution in [0.25, 0.3) is 21.7 Å². The van der Waals surface area contributed by atoms with E-state index in [2.05, 4.69) is 58.3 Å². The second-order valence-corrected chi connectivity index (χ2v) is 12.8. The lowest BCUT2D eigenvalue weighted by molar-refractivity contribution is -0.195. The number of rotatable bonds is 7. The summed E-state index contributed by atoms with van der Waals surface area (Å²) >= 11 is 6.76. The van der Waals surface area contributed by atoms with E-state index >= 15 is 0 Å². The number of alkyl halides is 3. The average Bonchev–Trinajstić information content (AvgIpc) is 3.65. The molecule has 1 atom stereocenters. The largest absolute Gasteiger partial charge is 0.413 e. The monoisotopic (exact) mass is 621 g/mol. The summed E-state index contributed by atoms with van der Waals surface area (Å²) in [7, 11) is 0. The fraction of sp³-hybridized carbons (Fsp3) is 0.312. The lowest BCUT2D eigenvalue weighted by Gasteiger charge is -2.28. The zero-order valence-corrected chi connectivity index (χ0v) is 25.0. The standard InChI is InChI=1S/C32H31ClF3N7O/c1-5-18-15-38-27-23(26(18)39-17-30(2,3)4)13-19(14-24(27)33)40-28(21-7-6-8-22-20(21)9-12-37-29(22)44)25-16-43(42-41-25)31(10-11-31)32(34,35)36/h1,6-9,12-16,28,40-42H,10-11,17H2,2-4H3,(H,37,44)(H,38,39)/t28-/m0/s1. The molecule has 0 unspecified atom stereocenters. The predicted molar refractivity (Wildman–Crippen MR) is 168 cm³/mol. The molecule has 2 aliphatic rings. The van der Waals surface area contributed by atoms with Crippen molar-refractivity contribution in [3.63, 3.8) is 0 Å². The van der Waals surface area contributed by atoms with Crippen molar-refractivity contribution in [3.05, 3.63) is 87.2 Å². The number of benzene rings is 2. The fourth-order valence-corrected chi connectivity index (χ4v) is 5.74. The first kappa shape index (κ1) is 29.7. The molecule has 228 valence electrons. The van der Waals surface area contributed by atoms with Crippen LogP contribution in [0.4, 0.5) is 24.5 Å². The molecular formula is C32H31ClF3N7O. The van der Waals surface area contributed by atoms with Crippen LogP contribution in [-0.4, -0.2) is 33.2 Å². The first-order valence-electron chi connectivity index (χ1n) is 14.1. The van der Waals surface area contributed by atoms with E-state index in [4.69, 9.17) is 18.0 Å². The van der Waals surface area contributed by atoms with E-state index in [1.807, 2.05) is 12.1 Å². The summed E-state index contributed by atoms with van der Waals surface area (Å²) in [4.78, 5) is 19.8. The van der Waals surface area contributed by atoms with Crippen LogP contribution in [0.15, 0.2) is 65.5 Å². The predicted octanol–water partition coefficient (Wildman–Crippen LogP) is 6.58. The van der Waals surface area contributed by atoms with Crippen LogP contribution in [0.5, 0.6) is 0 Å². The molecule has 8 nitrogen and oxygen atoms in total. The van der Waals surface area contributed by atoms with Crippen LogP contribution >= 0.6 is 11.6 Å². The second kappa shape index (κ2) is 10.6. The van der Waals surface area contributed by atoms with Gasteiger partial charge in [0.15, 0.2) is 5.54 Å².